The van der Waals surface area contributed by atoms with Crippen molar-refractivity contribution < 1.29 is 9.53 Å². The SMILES string of the molecule is O=C(NCC1Cc2ccccc2CO1)Nc1ccc(Cl)cc1. The monoisotopic (exact) mass is 316 g/mol. The number of halogens is 1. The summed E-state index contributed by atoms with van der Waals surface area (Å²) >= 11 is 5.81. The second-order valence-corrected chi connectivity index (χ2v) is 5.68. The summed E-state index contributed by atoms with van der Waals surface area (Å²) in [6, 6.07) is 15.0. The zero-order valence-electron chi connectivity index (χ0n) is 12.0. The van der Waals surface area contributed by atoms with Crippen LogP contribution >= 0.6 is 11.6 Å². The number of hydrogen-bond donors (Lipinski definition) is 2. The molecule has 2 aromatic rings. The number of urea groups is 1. The summed E-state index contributed by atoms with van der Waals surface area (Å²) in [5.74, 6) is 0. The van der Waals surface area contributed by atoms with Crippen molar-refractivity contribution in [3.63, 3.8) is 0 Å². The molecule has 2 aromatic carbocycles. The fourth-order valence-electron chi connectivity index (χ4n) is 2.46. The highest BCUT2D eigenvalue weighted by Crippen LogP contribution is 2.20. The Bertz CT molecular complexity index is 658. The summed E-state index contributed by atoms with van der Waals surface area (Å²) in [7, 11) is 0. The van der Waals surface area contributed by atoms with E-state index < -0.39 is 0 Å². The van der Waals surface area contributed by atoms with E-state index in [1.54, 1.807) is 24.3 Å². The van der Waals surface area contributed by atoms with Crippen LogP contribution in [0.4, 0.5) is 10.5 Å². The number of carbonyl (C=O) groups is 1. The van der Waals surface area contributed by atoms with E-state index in [-0.39, 0.29) is 12.1 Å². The molecule has 5 heteroatoms. The lowest BCUT2D eigenvalue weighted by Gasteiger charge is -2.25. The van der Waals surface area contributed by atoms with Gasteiger partial charge in [0.05, 0.1) is 12.7 Å². The Labute approximate surface area is 134 Å². The minimum atomic E-state index is -0.246. The zero-order valence-corrected chi connectivity index (χ0v) is 12.8. The molecule has 114 valence electrons. The zero-order chi connectivity index (χ0) is 15.4. The molecule has 0 spiro atoms. The van der Waals surface area contributed by atoms with Gasteiger partial charge in [0.15, 0.2) is 0 Å². The van der Waals surface area contributed by atoms with E-state index in [0.29, 0.717) is 23.9 Å². The maximum atomic E-state index is 11.9. The van der Waals surface area contributed by atoms with Crippen LogP contribution in [0.25, 0.3) is 0 Å². The highest BCUT2D eigenvalue weighted by Gasteiger charge is 2.19. The topological polar surface area (TPSA) is 50.4 Å². The minimum Gasteiger partial charge on any atom is -0.371 e. The van der Waals surface area contributed by atoms with Gasteiger partial charge in [0.1, 0.15) is 0 Å². The molecule has 0 aromatic heterocycles. The number of anilines is 1. The number of nitrogens with one attached hydrogen (secondary N) is 2. The van der Waals surface area contributed by atoms with Gasteiger partial charge in [-0.3, -0.25) is 0 Å². The van der Waals surface area contributed by atoms with Gasteiger partial charge in [0, 0.05) is 23.7 Å². The first-order valence-corrected chi connectivity index (χ1v) is 7.57. The van der Waals surface area contributed by atoms with Crippen molar-refractivity contribution >= 4 is 23.3 Å². The van der Waals surface area contributed by atoms with Crippen LogP contribution < -0.4 is 10.6 Å². The van der Waals surface area contributed by atoms with E-state index in [1.165, 1.54) is 11.1 Å². The van der Waals surface area contributed by atoms with Crippen LogP contribution in [0.1, 0.15) is 11.1 Å². The number of fused-ring (bicyclic) bond motifs is 1. The van der Waals surface area contributed by atoms with Crippen LogP contribution in [-0.4, -0.2) is 18.7 Å². The largest absolute Gasteiger partial charge is 0.371 e. The van der Waals surface area contributed by atoms with Gasteiger partial charge in [-0.05, 0) is 35.4 Å². The third kappa shape index (κ3) is 3.78. The Morgan fingerprint density at radius 2 is 1.86 bits per heavy atom. The second kappa shape index (κ2) is 6.81. The van der Waals surface area contributed by atoms with Gasteiger partial charge in [0.2, 0.25) is 0 Å². The fourth-order valence-corrected chi connectivity index (χ4v) is 2.58. The first-order chi connectivity index (χ1) is 10.7. The Hall–Kier alpha value is -2.04. The van der Waals surface area contributed by atoms with E-state index in [4.69, 9.17) is 16.3 Å². The Kier molecular flexibility index (Phi) is 4.61. The van der Waals surface area contributed by atoms with Crippen molar-refractivity contribution in [2.45, 2.75) is 19.1 Å². The predicted molar refractivity (Wildman–Crippen MR) is 87.2 cm³/mol. The normalized spacial score (nSPS) is 16.7. The molecular formula is C17H17ClN2O2. The molecule has 1 unspecified atom stereocenters. The van der Waals surface area contributed by atoms with E-state index in [0.717, 1.165) is 6.42 Å². The summed E-state index contributed by atoms with van der Waals surface area (Å²) < 4.78 is 5.76. The Morgan fingerprint density at radius 1 is 1.14 bits per heavy atom. The molecule has 1 heterocycles. The molecule has 22 heavy (non-hydrogen) atoms. The molecule has 4 nitrogen and oxygen atoms in total. The number of benzene rings is 2. The molecule has 1 atom stereocenters. The highest BCUT2D eigenvalue weighted by atomic mass is 35.5. The molecular weight excluding hydrogens is 300 g/mol. The van der Waals surface area contributed by atoms with Crippen molar-refractivity contribution in [3.05, 3.63) is 64.7 Å². The molecule has 2 amide bonds. The van der Waals surface area contributed by atoms with Gasteiger partial charge in [-0.25, -0.2) is 4.79 Å². The standard InChI is InChI=1S/C17H17ClN2O2/c18-14-5-7-15(8-6-14)20-17(21)19-10-16-9-12-3-1-2-4-13(12)11-22-16/h1-8,16H,9-11H2,(H2,19,20,21). The van der Waals surface area contributed by atoms with Crippen LogP contribution in [0.2, 0.25) is 5.02 Å². The second-order valence-electron chi connectivity index (χ2n) is 5.25. The van der Waals surface area contributed by atoms with Crippen molar-refractivity contribution in [2.75, 3.05) is 11.9 Å². The molecule has 2 N–H and O–H groups in total. The van der Waals surface area contributed by atoms with Crippen LogP contribution in [0, 0.1) is 0 Å². The van der Waals surface area contributed by atoms with Gasteiger partial charge >= 0.3 is 6.03 Å². The molecule has 0 saturated heterocycles. The summed E-state index contributed by atoms with van der Waals surface area (Å²) in [5.41, 5.74) is 3.22. The van der Waals surface area contributed by atoms with Crippen LogP contribution in [0.15, 0.2) is 48.5 Å². The maximum Gasteiger partial charge on any atom is 0.319 e. The number of carbonyl (C=O) groups excluding carboxylic acids is 1. The van der Waals surface area contributed by atoms with E-state index in [9.17, 15) is 4.79 Å². The summed E-state index contributed by atoms with van der Waals surface area (Å²) in [6.07, 6.45) is 0.822. The van der Waals surface area contributed by atoms with Crippen molar-refractivity contribution in [1.82, 2.24) is 5.32 Å². The molecule has 1 aliphatic rings. The fraction of sp³-hybridized carbons (Fsp3) is 0.235. The predicted octanol–water partition coefficient (Wildman–Crippen LogP) is 3.60. The third-order valence-corrected chi connectivity index (χ3v) is 3.88. The third-order valence-electron chi connectivity index (χ3n) is 3.63. The average molecular weight is 317 g/mol. The number of hydrogen-bond acceptors (Lipinski definition) is 2. The molecule has 0 aliphatic carbocycles. The molecule has 0 fully saturated rings. The van der Waals surface area contributed by atoms with Gasteiger partial charge in [-0.1, -0.05) is 35.9 Å². The Balaban J connectivity index is 1.49. The molecule has 0 saturated carbocycles. The summed E-state index contributed by atoms with van der Waals surface area (Å²) in [4.78, 5) is 11.9. The molecule has 0 bridgehead atoms. The number of amides is 2. The quantitative estimate of drug-likeness (QED) is 0.909. The van der Waals surface area contributed by atoms with Crippen molar-refractivity contribution in [1.29, 1.82) is 0 Å². The maximum absolute atomic E-state index is 11.9. The smallest absolute Gasteiger partial charge is 0.319 e. The minimum absolute atomic E-state index is 0.00543. The van der Waals surface area contributed by atoms with Gasteiger partial charge < -0.3 is 15.4 Å². The number of rotatable bonds is 3. The summed E-state index contributed by atoms with van der Waals surface area (Å²) in [5, 5.41) is 6.24. The van der Waals surface area contributed by atoms with Crippen molar-refractivity contribution in [2.24, 2.45) is 0 Å². The molecule has 3 rings (SSSR count). The lowest BCUT2D eigenvalue weighted by Crippen LogP contribution is -2.38. The lowest BCUT2D eigenvalue weighted by molar-refractivity contribution is 0.0308. The van der Waals surface area contributed by atoms with Crippen LogP contribution in [-0.2, 0) is 17.8 Å². The van der Waals surface area contributed by atoms with Crippen molar-refractivity contribution in [3.8, 4) is 0 Å². The van der Waals surface area contributed by atoms with Crippen LogP contribution in [0.3, 0.4) is 0 Å². The van der Waals surface area contributed by atoms with E-state index in [2.05, 4.69) is 22.8 Å². The first kappa shape index (κ1) is 14.9. The highest BCUT2D eigenvalue weighted by molar-refractivity contribution is 6.30. The average Bonchev–Trinajstić information content (AvgIpc) is 2.55. The van der Waals surface area contributed by atoms with Gasteiger partial charge in [-0.2, -0.15) is 0 Å². The molecule has 1 aliphatic heterocycles. The van der Waals surface area contributed by atoms with E-state index in [1.807, 2.05) is 12.1 Å². The van der Waals surface area contributed by atoms with E-state index >= 15 is 0 Å². The van der Waals surface area contributed by atoms with Crippen LogP contribution in [0.5, 0.6) is 0 Å². The number of ether oxygens (including phenoxy) is 1. The first-order valence-electron chi connectivity index (χ1n) is 7.19. The van der Waals surface area contributed by atoms with Gasteiger partial charge in [0.25, 0.3) is 0 Å². The Morgan fingerprint density at radius 3 is 2.64 bits per heavy atom. The van der Waals surface area contributed by atoms with Gasteiger partial charge in [-0.15, -0.1) is 0 Å². The summed E-state index contributed by atoms with van der Waals surface area (Å²) in [6.45, 7) is 1.08. The molecule has 0 radical (unpaired) electrons. The lowest BCUT2D eigenvalue weighted by atomic mass is 9.99.